The van der Waals surface area contributed by atoms with E-state index in [2.05, 4.69) is 4.99 Å². The lowest BCUT2D eigenvalue weighted by Crippen LogP contribution is -2.51. The third kappa shape index (κ3) is 1.62. The Bertz CT molecular complexity index is 501. The number of rotatable bonds is 1. The first kappa shape index (κ1) is 11.3. The van der Waals surface area contributed by atoms with E-state index in [0.717, 1.165) is 30.6 Å². The Morgan fingerprint density at radius 1 is 1.28 bits per heavy atom. The molecule has 5 heteroatoms. The normalized spacial score (nSPS) is 28.3. The van der Waals surface area contributed by atoms with Crippen molar-refractivity contribution >= 4 is 17.6 Å². The Kier molecular flexibility index (Phi) is 2.61. The molecule has 0 aromatic heterocycles. The summed E-state index contributed by atoms with van der Waals surface area (Å²) in [5.41, 5.74) is 0.222. The molecule has 94 valence electrons. The second-order valence-corrected chi connectivity index (χ2v) is 4.81. The van der Waals surface area contributed by atoms with Crippen LogP contribution in [0.5, 0.6) is 0 Å². The van der Waals surface area contributed by atoms with Crippen molar-refractivity contribution in [1.29, 1.82) is 0 Å². The topological polar surface area (TPSA) is 49.7 Å². The van der Waals surface area contributed by atoms with E-state index in [0.29, 0.717) is 0 Å². The fourth-order valence-corrected chi connectivity index (χ4v) is 2.81. The Hall–Kier alpha value is -1.78. The highest BCUT2D eigenvalue weighted by molar-refractivity contribution is 6.22. The summed E-state index contributed by atoms with van der Waals surface area (Å²) in [5, 5.41) is 0. The maximum Gasteiger partial charge on any atom is 0.350 e. The minimum absolute atomic E-state index is 0.103. The van der Waals surface area contributed by atoms with Crippen molar-refractivity contribution in [2.45, 2.75) is 31.7 Å². The zero-order valence-corrected chi connectivity index (χ0v) is 9.80. The molecule has 2 aliphatic carbocycles. The molecule has 0 bridgehead atoms. The SMILES string of the molecule is O=C1N=C2C=CC=C(F)C2C(=O)N1C1CCCC1. The van der Waals surface area contributed by atoms with Gasteiger partial charge in [0.05, 0.1) is 5.71 Å². The van der Waals surface area contributed by atoms with Crippen LogP contribution in [0.3, 0.4) is 0 Å². The Labute approximate surface area is 104 Å². The van der Waals surface area contributed by atoms with Crippen LogP contribution in [0.1, 0.15) is 25.7 Å². The number of imide groups is 1. The highest BCUT2D eigenvalue weighted by Gasteiger charge is 2.43. The van der Waals surface area contributed by atoms with Crippen LogP contribution < -0.4 is 0 Å². The van der Waals surface area contributed by atoms with Gasteiger partial charge in [0.2, 0.25) is 5.91 Å². The number of halogens is 1. The smallest absolute Gasteiger partial charge is 0.273 e. The van der Waals surface area contributed by atoms with Crippen LogP contribution in [-0.2, 0) is 4.79 Å². The van der Waals surface area contributed by atoms with Gasteiger partial charge in [-0.2, -0.15) is 4.99 Å². The summed E-state index contributed by atoms with van der Waals surface area (Å²) in [6.07, 6.45) is 7.85. The number of hydrogen-bond donors (Lipinski definition) is 0. The number of carbonyl (C=O) groups excluding carboxylic acids is 2. The van der Waals surface area contributed by atoms with E-state index < -0.39 is 23.7 Å². The van der Waals surface area contributed by atoms with Gasteiger partial charge in [-0.25, -0.2) is 9.18 Å². The van der Waals surface area contributed by atoms with Gasteiger partial charge in [0.1, 0.15) is 11.7 Å². The van der Waals surface area contributed by atoms with Crippen molar-refractivity contribution in [3.63, 3.8) is 0 Å². The van der Waals surface area contributed by atoms with Gasteiger partial charge >= 0.3 is 6.03 Å². The number of carbonyl (C=O) groups is 2. The number of fused-ring (bicyclic) bond motifs is 1. The first-order valence-corrected chi connectivity index (χ1v) is 6.18. The molecule has 4 nitrogen and oxygen atoms in total. The van der Waals surface area contributed by atoms with Gasteiger partial charge in [0, 0.05) is 6.04 Å². The first-order chi connectivity index (χ1) is 8.68. The average Bonchev–Trinajstić information content (AvgIpc) is 2.82. The summed E-state index contributed by atoms with van der Waals surface area (Å²) in [7, 11) is 0. The molecule has 0 aromatic rings. The van der Waals surface area contributed by atoms with E-state index in [-0.39, 0.29) is 11.8 Å². The maximum absolute atomic E-state index is 13.7. The van der Waals surface area contributed by atoms with Crippen molar-refractivity contribution < 1.29 is 14.0 Å². The van der Waals surface area contributed by atoms with Crippen molar-refractivity contribution in [1.82, 2.24) is 4.90 Å². The molecule has 1 saturated carbocycles. The summed E-state index contributed by atoms with van der Waals surface area (Å²) in [6.45, 7) is 0. The third-order valence-corrected chi connectivity index (χ3v) is 3.70. The van der Waals surface area contributed by atoms with E-state index >= 15 is 0 Å². The van der Waals surface area contributed by atoms with Gasteiger partial charge in [-0.1, -0.05) is 18.9 Å². The molecule has 0 N–H and O–H groups in total. The van der Waals surface area contributed by atoms with Crippen LogP contribution in [0, 0.1) is 5.92 Å². The lowest BCUT2D eigenvalue weighted by molar-refractivity contribution is -0.131. The largest absolute Gasteiger partial charge is 0.350 e. The molecule has 1 heterocycles. The van der Waals surface area contributed by atoms with Crippen molar-refractivity contribution in [3.8, 4) is 0 Å². The van der Waals surface area contributed by atoms with E-state index in [1.54, 1.807) is 0 Å². The van der Waals surface area contributed by atoms with Crippen molar-refractivity contribution in [2.75, 3.05) is 0 Å². The average molecular weight is 248 g/mol. The minimum atomic E-state index is -1.01. The van der Waals surface area contributed by atoms with Crippen LogP contribution in [0.15, 0.2) is 29.0 Å². The van der Waals surface area contributed by atoms with Crippen molar-refractivity contribution in [3.05, 3.63) is 24.1 Å². The predicted octanol–water partition coefficient (Wildman–Crippen LogP) is 2.37. The lowest BCUT2D eigenvalue weighted by atomic mass is 9.93. The Balaban J connectivity index is 1.97. The molecule has 0 spiro atoms. The zero-order chi connectivity index (χ0) is 12.7. The molecule has 0 saturated heterocycles. The van der Waals surface area contributed by atoms with Gasteiger partial charge in [0.25, 0.3) is 0 Å². The lowest BCUT2D eigenvalue weighted by Gasteiger charge is -2.32. The predicted molar refractivity (Wildman–Crippen MR) is 63.8 cm³/mol. The number of aliphatic imine (C=N–C) groups is 1. The minimum Gasteiger partial charge on any atom is -0.273 e. The van der Waals surface area contributed by atoms with Gasteiger partial charge in [-0.05, 0) is 25.0 Å². The maximum atomic E-state index is 13.7. The van der Waals surface area contributed by atoms with Crippen LogP contribution in [-0.4, -0.2) is 28.6 Å². The molecule has 3 aliphatic rings. The Morgan fingerprint density at radius 3 is 2.72 bits per heavy atom. The monoisotopic (exact) mass is 248 g/mol. The van der Waals surface area contributed by atoms with Gasteiger partial charge in [-0.3, -0.25) is 9.69 Å². The molecule has 0 aromatic carbocycles. The second-order valence-electron chi connectivity index (χ2n) is 4.81. The van der Waals surface area contributed by atoms with Crippen LogP contribution in [0.2, 0.25) is 0 Å². The number of allylic oxidation sites excluding steroid dienone is 3. The molecule has 1 aliphatic heterocycles. The van der Waals surface area contributed by atoms with E-state index in [1.165, 1.54) is 18.2 Å². The van der Waals surface area contributed by atoms with E-state index in [1.807, 2.05) is 0 Å². The summed E-state index contributed by atoms with van der Waals surface area (Å²) in [6, 6.07) is -0.647. The number of hydrogen-bond acceptors (Lipinski definition) is 2. The molecule has 0 radical (unpaired) electrons. The molecule has 3 amide bonds. The van der Waals surface area contributed by atoms with Gasteiger partial charge in [-0.15, -0.1) is 0 Å². The zero-order valence-electron chi connectivity index (χ0n) is 9.80. The van der Waals surface area contributed by atoms with Crippen molar-refractivity contribution in [2.24, 2.45) is 10.9 Å². The standard InChI is InChI=1S/C13H13FN2O2/c14-9-6-3-7-10-11(9)12(17)16(13(18)15-10)8-4-1-2-5-8/h3,6-8,11H,1-2,4-5H2. The molecule has 1 fully saturated rings. The Morgan fingerprint density at radius 2 is 2.00 bits per heavy atom. The van der Waals surface area contributed by atoms with E-state index in [4.69, 9.17) is 0 Å². The molecular formula is C13H13FN2O2. The van der Waals surface area contributed by atoms with Crippen LogP contribution in [0.4, 0.5) is 9.18 Å². The number of urea groups is 1. The molecule has 18 heavy (non-hydrogen) atoms. The van der Waals surface area contributed by atoms with Gasteiger partial charge in [0.15, 0.2) is 0 Å². The summed E-state index contributed by atoms with van der Waals surface area (Å²) in [5.74, 6) is -2.00. The molecule has 1 atom stereocenters. The highest BCUT2D eigenvalue weighted by Crippen LogP contribution is 2.31. The molecule has 1 unspecified atom stereocenters. The van der Waals surface area contributed by atoms with Crippen LogP contribution >= 0.6 is 0 Å². The number of nitrogens with zero attached hydrogens (tertiary/aromatic N) is 2. The van der Waals surface area contributed by atoms with Crippen LogP contribution in [0.25, 0.3) is 0 Å². The molecular weight excluding hydrogens is 235 g/mol. The summed E-state index contributed by atoms with van der Waals surface area (Å²) >= 11 is 0. The highest BCUT2D eigenvalue weighted by atomic mass is 19.1. The fourth-order valence-electron chi connectivity index (χ4n) is 2.81. The van der Waals surface area contributed by atoms with Gasteiger partial charge < -0.3 is 0 Å². The first-order valence-electron chi connectivity index (χ1n) is 6.18. The quantitative estimate of drug-likeness (QED) is 0.715. The fraction of sp³-hybridized carbons (Fsp3) is 0.462. The molecule has 3 rings (SSSR count). The number of amides is 3. The summed E-state index contributed by atoms with van der Waals surface area (Å²) < 4.78 is 13.7. The van der Waals surface area contributed by atoms with E-state index in [9.17, 15) is 14.0 Å². The third-order valence-electron chi connectivity index (χ3n) is 3.70. The summed E-state index contributed by atoms with van der Waals surface area (Å²) in [4.78, 5) is 29.2. The second kappa shape index (κ2) is 4.15.